The highest BCUT2D eigenvalue weighted by atomic mass is 79.9. The largest absolute Gasteiger partial charge is 0.332 e. The predicted octanol–water partition coefficient (Wildman–Crippen LogP) is 3.77. The van der Waals surface area contributed by atoms with Gasteiger partial charge in [0.25, 0.3) is 5.91 Å². The topological polar surface area (TPSA) is 62.3 Å². The summed E-state index contributed by atoms with van der Waals surface area (Å²) >= 11 is 4.67. The number of anilines is 1. The number of carbonyl (C=O) groups is 2. The molecule has 0 fully saturated rings. The molecule has 0 radical (unpaired) electrons. The summed E-state index contributed by atoms with van der Waals surface area (Å²) in [6, 6.07) is 12.9. The molecule has 0 aliphatic rings. The maximum absolute atomic E-state index is 12.3. The van der Waals surface area contributed by atoms with Crippen LogP contribution in [-0.2, 0) is 4.79 Å². The molecule has 3 aromatic rings. The van der Waals surface area contributed by atoms with Crippen LogP contribution in [0.1, 0.15) is 9.67 Å². The molecule has 24 heavy (non-hydrogen) atoms. The summed E-state index contributed by atoms with van der Waals surface area (Å²) in [5, 5.41) is 3.77. The molecule has 0 atom stereocenters. The number of nitrogens with zero attached hydrogens (tertiary/aromatic N) is 2. The van der Waals surface area contributed by atoms with Gasteiger partial charge in [-0.15, -0.1) is 11.3 Å². The monoisotopic (exact) mass is 403 g/mol. The molecular formula is C17H14BrN3O2S. The Kier molecular flexibility index (Phi) is 4.92. The normalized spacial score (nSPS) is 10.6. The van der Waals surface area contributed by atoms with Crippen molar-refractivity contribution < 1.29 is 9.59 Å². The second-order valence-electron chi connectivity index (χ2n) is 5.19. The molecular weight excluding hydrogens is 390 g/mol. The SMILES string of the molecule is CN(CC(=O)Nc1cccc2cccnc12)C(=O)c1ccc(Br)s1. The Bertz CT molecular complexity index is 904. The number of pyridine rings is 1. The molecule has 1 N–H and O–H groups in total. The molecule has 3 rings (SSSR count). The van der Waals surface area contributed by atoms with E-state index >= 15 is 0 Å². The molecule has 2 heterocycles. The molecule has 0 spiro atoms. The summed E-state index contributed by atoms with van der Waals surface area (Å²) < 4.78 is 0.880. The quantitative estimate of drug-likeness (QED) is 0.720. The van der Waals surface area contributed by atoms with Crippen molar-refractivity contribution >= 4 is 55.7 Å². The zero-order chi connectivity index (χ0) is 17.1. The van der Waals surface area contributed by atoms with Crippen molar-refractivity contribution in [1.29, 1.82) is 0 Å². The van der Waals surface area contributed by atoms with E-state index in [4.69, 9.17) is 0 Å². The molecule has 0 bridgehead atoms. The summed E-state index contributed by atoms with van der Waals surface area (Å²) in [5.41, 5.74) is 1.36. The number of thiophene rings is 1. The Labute approximate surface area is 151 Å². The van der Waals surface area contributed by atoms with Crippen LogP contribution in [0.15, 0.2) is 52.4 Å². The smallest absolute Gasteiger partial charge is 0.264 e. The lowest BCUT2D eigenvalue weighted by molar-refractivity contribution is -0.116. The molecule has 0 aliphatic heterocycles. The van der Waals surface area contributed by atoms with Crippen molar-refractivity contribution in [3.05, 3.63) is 57.3 Å². The number of rotatable bonds is 4. The third kappa shape index (κ3) is 3.63. The molecule has 1 aromatic carbocycles. The first-order valence-electron chi connectivity index (χ1n) is 7.19. The van der Waals surface area contributed by atoms with Gasteiger partial charge in [-0.25, -0.2) is 0 Å². The standard InChI is InChI=1S/C17H14BrN3O2S/c1-21(17(23)13-7-8-14(18)24-13)10-15(22)20-12-6-2-4-11-5-3-9-19-16(11)12/h2-9H,10H2,1H3,(H,20,22). The van der Waals surface area contributed by atoms with Gasteiger partial charge in [0.2, 0.25) is 5.91 Å². The van der Waals surface area contributed by atoms with Crippen LogP contribution in [0, 0.1) is 0 Å². The van der Waals surface area contributed by atoms with Crippen LogP contribution in [0.25, 0.3) is 10.9 Å². The highest BCUT2D eigenvalue weighted by Gasteiger charge is 2.17. The number of para-hydroxylation sites is 1. The van der Waals surface area contributed by atoms with Crippen molar-refractivity contribution in [3.63, 3.8) is 0 Å². The number of fused-ring (bicyclic) bond motifs is 1. The lowest BCUT2D eigenvalue weighted by atomic mass is 10.2. The number of hydrogen-bond donors (Lipinski definition) is 1. The second kappa shape index (κ2) is 7.11. The van der Waals surface area contributed by atoms with Gasteiger partial charge in [-0.05, 0) is 40.2 Å². The van der Waals surface area contributed by atoms with Crippen LogP contribution in [0.2, 0.25) is 0 Å². The number of halogens is 1. The van der Waals surface area contributed by atoms with Crippen LogP contribution in [0.5, 0.6) is 0 Å². The third-order valence-corrected chi connectivity index (χ3v) is 5.03. The number of hydrogen-bond acceptors (Lipinski definition) is 4. The number of nitrogens with one attached hydrogen (secondary N) is 1. The highest BCUT2D eigenvalue weighted by Crippen LogP contribution is 2.23. The lowest BCUT2D eigenvalue weighted by Gasteiger charge is -2.16. The minimum absolute atomic E-state index is 0.0302. The average molecular weight is 404 g/mol. The maximum atomic E-state index is 12.3. The van der Waals surface area contributed by atoms with Crippen molar-refractivity contribution in [3.8, 4) is 0 Å². The summed E-state index contributed by atoms with van der Waals surface area (Å²) in [4.78, 5) is 30.8. The number of aromatic nitrogens is 1. The van der Waals surface area contributed by atoms with E-state index in [0.717, 1.165) is 14.7 Å². The fourth-order valence-electron chi connectivity index (χ4n) is 2.30. The second-order valence-corrected chi connectivity index (χ2v) is 7.66. The Morgan fingerprint density at radius 2 is 2.00 bits per heavy atom. The van der Waals surface area contributed by atoms with Gasteiger partial charge in [-0.2, -0.15) is 0 Å². The van der Waals surface area contributed by atoms with Crippen molar-refractivity contribution in [2.45, 2.75) is 0 Å². The lowest BCUT2D eigenvalue weighted by Crippen LogP contribution is -2.34. The fourth-order valence-corrected chi connectivity index (χ4v) is 3.68. The van der Waals surface area contributed by atoms with Gasteiger partial charge in [0.15, 0.2) is 0 Å². The van der Waals surface area contributed by atoms with Crippen LogP contribution in [0.4, 0.5) is 5.69 Å². The summed E-state index contributed by atoms with van der Waals surface area (Å²) in [7, 11) is 1.61. The van der Waals surface area contributed by atoms with Crippen molar-refractivity contribution in [2.75, 3.05) is 18.9 Å². The van der Waals surface area contributed by atoms with Crippen molar-refractivity contribution in [2.24, 2.45) is 0 Å². The minimum Gasteiger partial charge on any atom is -0.332 e. The van der Waals surface area contributed by atoms with Crippen molar-refractivity contribution in [1.82, 2.24) is 9.88 Å². The Balaban J connectivity index is 1.70. The Hall–Kier alpha value is -2.25. The molecule has 0 unspecified atom stereocenters. The number of carbonyl (C=O) groups excluding carboxylic acids is 2. The molecule has 5 nitrogen and oxygen atoms in total. The van der Waals surface area contributed by atoms with Crippen LogP contribution in [-0.4, -0.2) is 35.3 Å². The summed E-state index contributed by atoms with van der Waals surface area (Å²) in [6.07, 6.45) is 1.68. The van der Waals surface area contributed by atoms with Gasteiger partial charge < -0.3 is 10.2 Å². The molecule has 2 aromatic heterocycles. The van der Waals surface area contributed by atoms with E-state index in [1.165, 1.54) is 16.2 Å². The van der Waals surface area contributed by atoms with Gasteiger partial charge in [-0.3, -0.25) is 14.6 Å². The summed E-state index contributed by atoms with van der Waals surface area (Å²) in [5.74, 6) is -0.448. The van der Waals surface area contributed by atoms with Gasteiger partial charge >= 0.3 is 0 Å². The molecule has 122 valence electrons. The van der Waals surface area contributed by atoms with Gasteiger partial charge in [0, 0.05) is 18.6 Å². The first-order valence-corrected chi connectivity index (χ1v) is 8.80. The molecule has 0 saturated heterocycles. The predicted molar refractivity (Wildman–Crippen MR) is 99.4 cm³/mol. The molecule has 0 aliphatic carbocycles. The van der Waals surface area contributed by atoms with E-state index in [9.17, 15) is 9.59 Å². The molecule has 7 heteroatoms. The average Bonchev–Trinajstić information content (AvgIpc) is 3.01. The zero-order valence-corrected chi connectivity index (χ0v) is 15.2. The van der Waals surface area contributed by atoms with E-state index in [1.54, 1.807) is 25.4 Å². The minimum atomic E-state index is -0.264. The van der Waals surface area contributed by atoms with E-state index < -0.39 is 0 Å². The van der Waals surface area contributed by atoms with Gasteiger partial charge in [0.05, 0.1) is 26.4 Å². The van der Waals surface area contributed by atoms with Crippen LogP contribution >= 0.6 is 27.3 Å². The number of amides is 2. The number of likely N-dealkylation sites (N-methyl/N-ethyl adjacent to an activating group) is 1. The first kappa shape index (κ1) is 16.6. The molecule has 2 amide bonds. The van der Waals surface area contributed by atoms with Gasteiger partial charge in [-0.1, -0.05) is 18.2 Å². The van der Waals surface area contributed by atoms with E-state index in [1.807, 2.05) is 30.3 Å². The van der Waals surface area contributed by atoms with Gasteiger partial charge in [0.1, 0.15) is 0 Å². The fraction of sp³-hybridized carbons (Fsp3) is 0.118. The van der Waals surface area contributed by atoms with E-state index in [-0.39, 0.29) is 18.4 Å². The molecule has 0 saturated carbocycles. The third-order valence-electron chi connectivity index (χ3n) is 3.42. The summed E-state index contributed by atoms with van der Waals surface area (Å²) in [6.45, 7) is -0.0302. The highest BCUT2D eigenvalue weighted by molar-refractivity contribution is 9.11. The Morgan fingerprint density at radius 3 is 2.75 bits per heavy atom. The van der Waals surface area contributed by atoms with E-state index in [0.29, 0.717) is 10.6 Å². The first-order chi connectivity index (χ1) is 11.5. The van der Waals surface area contributed by atoms with E-state index in [2.05, 4.69) is 26.2 Å². The zero-order valence-electron chi connectivity index (χ0n) is 12.8. The Morgan fingerprint density at radius 1 is 1.21 bits per heavy atom. The van der Waals surface area contributed by atoms with Crippen LogP contribution in [0.3, 0.4) is 0 Å². The number of benzene rings is 1. The maximum Gasteiger partial charge on any atom is 0.264 e. The van der Waals surface area contributed by atoms with Crippen LogP contribution < -0.4 is 5.32 Å².